The second-order valence-corrected chi connectivity index (χ2v) is 16.2. The number of urea groups is 1. The Labute approximate surface area is 346 Å². The molecule has 2 N–H and O–H groups in total. The van der Waals surface area contributed by atoms with Gasteiger partial charge in [0.05, 0.1) is 11.0 Å². The highest BCUT2D eigenvalue weighted by Crippen LogP contribution is 2.39. The molecule has 0 spiro atoms. The third-order valence-corrected chi connectivity index (χ3v) is 12.0. The zero-order valence-electron chi connectivity index (χ0n) is 33.9. The van der Waals surface area contributed by atoms with E-state index in [2.05, 4.69) is 55.7 Å². The van der Waals surface area contributed by atoms with Crippen LogP contribution in [0.4, 0.5) is 20.7 Å². The van der Waals surface area contributed by atoms with Crippen molar-refractivity contribution in [3.8, 4) is 11.1 Å². The maximum Gasteiger partial charge on any atom is 0.329 e. The van der Waals surface area contributed by atoms with Gasteiger partial charge in [-0.05, 0) is 83.8 Å². The molecule has 0 saturated carbocycles. The highest BCUT2D eigenvalue weighted by molar-refractivity contribution is 6.09. The van der Waals surface area contributed by atoms with Crippen molar-refractivity contribution in [3.63, 3.8) is 0 Å². The maximum absolute atomic E-state index is 16.6. The number of aryl methyl sites for hydroxylation is 3. The predicted octanol–water partition coefficient (Wildman–Crippen LogP) is 5.98. The number of carbonyl (C=O) groups excluding carboxylic acids is 4. The standard InChI is InChI=1S/C45H47FN10O4/c1-51(2)44(59)37-24-36-34(23-35(40(46)41(36)48-37)31-8-5-19-53(27-31)39(58)17-21-55-20-6-18-47-55)29-12-14-32(15-13-29)54-25-28(26-54)10-11-30-7-4-9-33-42(30)52(3)50-43(33)56-22-16-38(57)49-45(56)60/h4,6-9,12-15,18,20,23-24,28,48H,5,10-11,16-17,19,21-22,25-27H2,1-3H3,(H,49,57,60). The van der Waals surface area contributed by atoms with Crippen molar-refractivity contribution in [1.29, 1.82) is 0 Å². The van der Waals surface area contributed by atoms with Crippen LogP contribution in [0, 0.1) is 11.7 Å². The molecule has 3 aliphatic rings. The molecule has 0 aliphatic carbocycles. The molecule has 3 aromatic carbocycles. The number of rotatable bonds is 11. The van der Waals surface area contributed by atoms with Gasteiger partial charge in [0.25, 0.3) is 5.91 Å². The number of nitrogens with one attached hydrogen (secondary N) is 2. The van der Waals surface area contributed by atoms with E-state index in [1.807, 2.05) is 48.3 Å². The van der Waals surface area contributed by atoms with Crippen LogP contribution in [-0.4, -0.2) is 105 Å². The summed E-state index contributed by atoms with van der Waals surface area (Å²) < 4.78 is 20.1. The molecule has 6 aromatic rings. The van der Waals surface area contributed by atoms with Crippen molar-refractivity contribution in [1.82, 2.24) is 39.7 Å². The zero-order valence-corrected chi connectivity index (χ0v) is 33.9. The monoisotopic (exact) mass is 810 g/mol. The highest BCUT2D eigenvalue weighted by Gasteiger charge is 2.31. The molecule has 3 aromatic heterocycles. The molecule has 0 bridgehead atoms. The van der Waals surface area contributed by atoms with Gasteiger partial charge in [0.2, 0.25) is 11.8 Å². The van der Waals surface area contributed by atoms with Gasteiger partial charge in [-0.3, -0.25) is 34.0 Å². The molecule has 9 rings (SSSR count). The number of amides is 5. The van der Waals surface area contributed by atoms with Crippen LogP contribution in [0.2, 0.25) is 0 Å². The van der Waals surface area contributed by atoms with Crippen LogP contribution < -0.4 is 15.1 Å². The molecule has 308 valence electrons. The summed E-state index contributed by atoms with van der Waals surface area (Å²) in [5.41, 5.74) is 6.67. The fourth-order valence-corrected chi connectivity index (χ4v) is 8.78. The van der Waals surface area contributed by atoms with E-state index in [-0.39, 0.29) is 36.2 Å². The van der Waals surface area contributed by atoms with E-state index >= 15 is 4.39 Å². The van der Waals surface area contributed by atoms with E-state index in [4.69, 9.17) is 0 Å². The van der Waals surface area contributed by atoms with Crippen LogP contribution in [0.15, 0.2) is 79.1 Å². The maximum atomic E-state index is 16.6. The number of imide groups is 1. The fraction of sp³-hybridized carbons (Fsp3) is 0.333. The normalized spacial score (nSPS) is 16.1. The van der Waals surface area contributed by atoms with Gasteiger partial charge in [-0.25, -0.2) is 9.18 Å². The molecule has 2 fully saturated rings. The minimum absolute atomic E-state index is 0.00913. The van der Waals surface area contributed by atoms with Crippen molar-refractivity contribution >= 4 is 62.6 Å². The number of aromatic nitrogens is 5. The van der Waals surface area contributed by atoms with Crippen molar-refractivity contribution < 1.29 is 23.6 Å². The smallest absolute Gasteiger partial charge is 0.329 e. The van der Waals surface area contributed by atoms with Crippen LogP contribution >= 0.6 is 0 Å². The Bertz CT molecular complexity index is 2670. The number of H-pyrrole nitrogens is 1. The van der Waals surface area contributed by atoms with Gasteiger partial charge in [-0.1, -0.05) is 30.3 Å². The number of para-hydroxylation sites is 1. The number of fused-ring (bicyclic) bond motifs is 2. The van der Waals surface area contributed by atoms with Crippen molar-refractivity contribution in [2.75, 3.05) is 56.6 Å². The topological polar surface area (TPSA) is 145 Å². The quantitative estimate of drug-likeness (QED) is 0.164. The molecule has 2 saturated heterocycles. The number of nitrogens with zero attached hydrogens (tertiary/aromatic N) is 8. The Balaban J connectivity index is 0.908. The first kappa shape index (κ1) is 38.7. The molecule has 0 atom stereocenters. The lowest BCUT2D eigenvalue weighted by Gasteiger charge is -2.41. The molecular weight excluding hydrogens is 764 g/mol. The van der Waals surface area contributed by atoms with E-state index in [9.17, 15) is 19.2 Å². The summed E-state index contributed by atoms with van der Waals surface area (Å²) in [5.74, 6) is 0.0864. The van der Waals surface area contributed by atoms with Crippen LogP contribution in [0.5, 0.6) is 0 Å². The lowest BCUT2D eigenvalue weighted by molar-refractivity contribution is -0.131. The largest absolute Gasteiger partial charge is 0.371 e. The minimum Gasteiger partial charge on any atom is -0.371 e. The average Bonchev–Trinajstić information content (AvgIpc) is 4.00. The summed E-state index contributed by atoms with van der Waals surface area (Å²) in [7, 11) is 5.23. The fourth-order valence-electron chi connectivity index (χ4n) is 8.78. The van der Waals surface area contributed by atoms with E-state index in [0.717, 1.165) is 59.2 Å². The summed E-state index contributed by atoms with van der Waals surface area (Å²) in [6, 6.07) is 19.4. The van der Waals surface area contributed by atoms with Gasteiger partial charge in [0, 0.05) is 108 Å². The third kappa shape index (κ3) is 7.28. The SMILES string of the molecule is CN(C)C(=O)c1cc2c(-c3ccc(N4CC(CCc5cccc6c(N7CCC(=O)NC7=O)nn(C)c56)C4)cc3)cc(C3=CCCN(C(=O)CCn4cccn4)C3)c(F)c2[nH]1. The summed E-state index contributed by atoms with van der Waals surface area (Å²) in [6.45, 7) is 3.46. The Kier molecular flexibility index (Phi) is 10.2. The van der Waals surface area contributed by atoms with Crippen LogP contribution in [0.3, 0.4) is 0 Å². The van der Waals surface area contributed by atoms with Crippen LogP contribution in [-0.2, 0) is 29.6 Å². The summed E-state index contributed by atoms with van der Waals surface area (Å²) in [4.78, 5) is 60.9. The Morgan fingerprint density at radius 2 is 1.80 bits per heavy atom. The van der Waals surface area contributed by atoms with Crippen LogP contribution in [0.1, 0.15) is 47.3 Å². The number of hydrogen-bond acceptors (Lipinski definition) is 7. The molecule has 5 amide bonds. The minimum atomic E-state index is -0.445. The second-order valence-electron chi connectivity index (χ2n) is 16.2. The van der Waals surface area contributed by atoms with E-state index in [1.54, 1.807) is 40.8 Å². The first-order valence-electron chi connectivity index (χ1n) is 20.4. The Morgan fingerprint density at radius 3 is 2.55 bits per heavy atom. The van der Waals surface area contributed by atoms with E-state index in [1.165, 1.54) is 10.5 Å². The van der Waals surface area contributed by atoms with Crippen molar-refractivity contribution in [3.05, 3.63) is 102 Å². The third-order valence-electron chi connectivity index (χ3n) is 12.0. The van der Waals surface area contributed by atoms with Crippen molar-refractivity contribution in [2.24, 2.45) is 13.0 Å². The van der Waals surface area contributed by atoms with Gasteiger partial charge in [-0.2, -0.15) is 10.2 Å². The predicted molar refractivity (Wildman–Crippen MR) is 228 cm³/mol. The lowest BCUT2D eigenvalue weighted by Crippen LogP contribution is -2.49. The Morgan fingerprint density at radius 1 is 0.983 bits per heavy atom. The summed E-state index contributed by atoms with van der Waals surface area (Å²) in [6.07, 6.45) is 8.54. The molecule has 15 heteroatoms. The number of carbonyl (C=O) groups is 4. The van der Waals surface area contributed by atoms with Crippen LogP contribution in [0.25, 0.3) is 38.5 Å². The number of anilines is 2. The van der Waals surface area contributed by atoms with Gasteiger partial charge >= 0.3 is 6.03 Å². The number of aromatic amines is 1. The number of hydrogen-bond donors (Lipinski definition) is 2. The van der Waals surface area contributed by atoms with Crippen molar-refractivity contribution in [2.45, 2.75) is 38.6 Å². The lowest BCUT2D eigenvalue weighted by atomic mass is 9.90. The average molecular weight is 811 g/mol. The van der Waals surface area contributed by atoms with E-state index < -0.39 is 11.8 Å². The second kappa shape index (κ2) is 15.8. The Hall–Kier alpha value is -6.77. The molecule has 14 nitrogen and oxygen atoms in total. The van der Waals surface area contributed by atoms with Gasteiger partial charge < -0.3 is 19.7 Å². The molecule has 0 radical (unpaired) electrons. The van der Waals surface area contributed by atoms with Gasteiger partial charge in [-0.15, -0.1) is 0 Å². The highest BCUT2D eigenvalue weighted by atomic mass is 19.1. The molecular formula is C45H47FN10O4. The molecule has 6 heterocycles. The first-order chi connectivity index (χ1) is 29.0. The molecule has 60 heavy (non-hydrogen) atoms. The van der Waals surface area contributed by atoms with Gasteiger partial charge in [0.1, 0.15) is 5.69 Å². The summed E-state index contributed by atoms with van der Waals surface area (Å²) in [5, 5.41) is 12.8. The number of halogens is 1. The van der Waals surface area contributed by atoms with Gasteiger partial charge in [0.15, 0.2) is 11.6 Å². The molecule has 0 unspecified atom stereocenters. The molecule has 3 aliphatic heterocycles. The summed E-state index contributed by atoms with van der Waals surface area (Å²) >= 11 is 0. The number of benzene rings is 3. The first-order valence-corrected chi connectivity index (χ1v) is 20.4. The zero-order chi connectivity index (χ0) is 41.7. The van der Waals surface area contributed by atoms with E-state index in [0.29, 0.717) is 60.9 Å².